The van der Waals surface area contributed by atoms with Crippen LogP contribution in [0, 0.1) is 12.8 Å². The van der Waals surface area contributed by atoms with Crippen LogP contribution in [0.1, 0.15) is 54.0 Å². The van der Waals surface area contributed by atoms with Gasteiger partial charge in [-0.3, -0.25) is 0 Å². The van der Waals surface area contributed by atoms with Gasteiger partial charge in [-0.1, -0.05) is 36.9 Å². The molecular weight excluding hydrogens is 412 g/mol. The predicted molar refractivity (Wildman–Crippen MR) is 124 cm³/mol. The number of pyridine rings is 1. The van der Waals surface area contributed by atoms with Gasteiger partial charge >= 0.3 is 5.97 Å². The molecule has 0 aliphatic heterocycles. The van der Waals surface area contributed by atoms with Crippen LogP contribution in [-0.4, -0.2) is 41.2 Å². The van der Waals surface area contributed by atoms with E-state index in [1.165, 1.54) is 39.2 Å². The number of aryl methyl sites for hydroxylation is 1. The molecule has 1 aromatic carbocycles. The van der Waals surface area contributed by atoms with Crippen LogP contribution in [0.5, 0.6) is 0 Å². The molecule has 164 valence electrons. The summed E-state index contributed by atoms with van der Waals surface area (Å²) in [6, 6.07) is 9.68. The van der Waals surface area contributed by atoms with Gasteiger partial charge in [0.25, 0.3) is 0 Å². The Bertz CT molecular complexity index is 1090. The van der Waals surface area contributed by atoms with Crippen LogP contribution in [0.4, 0.5) is 5.69 Å². The van der Waals surface area contributed by atoms with E-state index in [-0.39, 0.29) is 5.69 Å². The van der Waals surface area contributed by atoms with Crippen molar-refractivity contribution in [1.82, 2.24) is 14.5 Å². The number of ether oxygens (including phenoxy) is 1. The molecule has 1 saturated carbocycles. The SMILES string of the molecule is COC(=O)c1ccc2nc(C)n(Cc3ccc(N(C)CC4CCCCC4)cc3Cl)c2n1. The van der Waals surface area contributed by atoms with Crippen molar-refractivity contribution in [1.29, 1.82) is 0 Å². The molecule has 2 heterocycles. The van der Waals surface area contributed by atoms with Gasteiger partial charge < -0.3 is 14.2 Å². The van der Waals surface area contributed by atoms with Crippen LogP contribution in [-0.2, 0) is 11.3 Å². The molecule has 4 rings (SSSR count). The Morgan fingerprint density at radius 3 is 2.68 bits per heavy atom. The molecule has 31 heavy (non-hydrogen) atoms. The first-order chi connectivity index (χ1) is 15.0. The molecule has 0 radical (unpaired) electrons. The molecule has 7 heteroatoms. The van der Waals surface area contributed by atoms with E-state index in [2.05, 4.69) is 34.0 Å². The van der Waals surface area contributed by atoms with Gasteiger partial charge in [0.2, 0.25) is 0 Å². The third kappa shape index (κ3) is 4.69. The number of rotatable bonds is 6. The van der Waals surface area contributed by atoms with E-state index >= 15 is 0 Å². The Morgan fingerprint density at radius 1 is 1.19 bits per heavy atom. The Labute approximate surface area is 188 Å². The number of imidazole rings is 1. The van der Waals surface area contributed by atoms with Gasteiger partial charge in [-0.15, -0.1) is 0 Å². The monoisotopic (exact) mass is 440 g/mol. The van der Waals surface area contributed by atoms with Crippen molar-refractivity contribution < 1.29 is 9.53 Å². The summed E-state index contributed by atoms with van der Waals surface area (Å²) in [7, 11) is 3.50. The summed E-state index contributed by atoms with van der Waals surface area (Å²) in [6.07, 6.45) is 6.72. The Hall–Kier alpha value is -2.60. The molecule has 0 unspecified atom stereocenters. The molecule has 1 aliphatic carbocycles. The van der Waals surface area contributed by atoms with Crippen LogP contribution >= 0.6 is 11.6 Å². The summed E-state index contributed by atoms with van der Waals surface area (Å²) >= 11 is 6.69. The number of anilines is 1. The maximum atomic E-state index is 11.9. The Balaban J connectivity index is 1.56. The second kappa shape index (κ2) is 9.27. The van der Waals surface area contributed by atoms with Crippen molar-refractivity contribution in [3.8, 4) is 0 Å². The molecule has 0 spiro atoms. The second-order valence-corrected chi connectivity index (χ2v) is 8.84. The average Bonchev–Trinajstić information content (AvgIpc) is 3.09. The summed E-state index contributed by atoms with van der Waals surface area (Å²) in [5.74, 6) is 1.13. The zero-order valence-electron chi connectivity index (χ0n) is 18.4. The van der Waals surface area contributed by atoms with E-state index in [0.717, 1.165) is 40.1 Å². The Morgan fingerprint density at radius 2 is 1.97 bits per heavy atom. The maximum absolute atomic E-state index is 11.9. The number of methoxy groups -OCH3 is 1. The summed E-state index contributed by atoms with van der Waals surface area (Å²) < 4.78 is 6.78. The highest BCUT2D eigenvalue weighted by atomic mass is 35.5. The normalized spacial score (nSPS) is 14.7. The van der Waals surface area contributed by atoms with Crippen LogP contribution in [0.2, 0.25) is 5.02 Å². The minimum Gasteiger partial charge on any atom is -0.464 e. The molecule has 3 aromatic rings. The van der Waals surface area contributed by atoms with Crippen LogP contribution in [0.3, 0.4) is 0 Å². The van der Waals surface area contributed by atoms with Gasteiger partial charge in [0, 0.05) is 24.3 Å². The number of benzene rings is 1. The largest absolute Gasteiger partial charge is 0.464 e. The van der Waals surface area contributed by atoms with Crippen molar-refractivity contribution in [2.45, 2.75) is 45.6 Å². The standard InChI is InChI=1S/C24H29ClN4O2/c1-16-26-21-11-12-22(24(30)31-3)27-23(21)29(16)15-18-9-10-19(13-20(18)25)28(2)14-17-7-5-4-6-8-17/h9-13,17H,4-8,14-15H2,1-3H3. The number of aromatic nitrogens is 3. The highest BCUT2D eigenvalue weighted by Gasteiger charge is 2.18. The van der Waals surface area contributed by atoms with Crippen LogP contribution in [0.15, 0.2) is 30.3 Å². The molecule has 0 amide bonds. The number of fused-ring (bicyclic) bond motifs is 1. The number of hydrogen-bond donors (Lipinski definition) is 0. The number of nitrogens with zero attached hydrogens (tertiary/aromatic N) is 4. The van der Waals surface area contributed by atoms with Gasteiger partial charge in [0.05, 0.1) is 13.7 Å². The van der Waals surface area contributed by atoms with Crippen molar-refractivity contribution in [2.75, 3.05) is 25.6 Å². The van der Waals surface area contributed by atoms with Gasteiger partial charge in [0.15, 0.2) is 11.3 Å². The lowest BCUT2D eigenvalue weighted by Crippen LogP contribution is -2.26. The second-order valence-electron chi connectivity index (χ2n) is 8.44. The van der Waals surface area contributed by atoms with E-state index in [4.69, 9.17) is 16.3 Å². The smallest absolute Gasteiger partial charge is 0.356 e. The van der Waals surface area contributed by atoms with E-state index in [1.807, 2.05) is 17.6 Å². The fourth-order valence-corrected chi connectivity index (χ4v) is 4.69. The minimum atomic E-state index is -0.462. The highest BCUT2D eigenvalue weighted by molar-refractivity contribution is 6.31. The summed E-state index contributed by atoms with van der Waals surface area (Å²) in [4.78, 5) is 23.3. The van der Waals surface area contributed by atoms with Gasteiger partial charge in [0.1, 0.15) is 11.3 Å². The number of hydrogen-bond acceptors (Lipinski definition) is 5. The minimum absolute atomic E-state index is 0.266. The van der Waals surface area contributed by atoms with Crippen LogP contribution in [0.25, 0.3) is 11.2 Å². The quantitative estimate of drug-likeness (QED) is 0.490. The Kier molecular flexibility index (Phi) is 6.46. The van der Waals surface area contributed by atoms with Gasteiger partial charge in [-0.25, -0.2) is 14.8 Å². The number of carbonyl (C=O) groups is 1. The van der Waals surface area contributed by atoms with Crippen molar-refractivity contribution >= 4 is 34.4 Å². The molecule has 0 bridgehead atoms. The molecule has 0 saturated heterocycles. The topological polar surface area (TPSA) is 60.2 Å². The van der Waals surface area contributed by atoms with Crippen LogP contribution < -0.4 is 4.90 Å². The molecule has 2 aromatic heterocycles. The first-order valence-electron chi connectivity index (χ1n) is 10.9. The third-order valence-corrected chi connectivity index (χ3v) is 6.59. The highest BCUT2D eigenvalue weighted by Crippen LogP contribution is 2.29. The molecule has 0 N–H and O–H groups in total. The average molecular weight is 441 g/mol. The van der Waals surface area contributed by atoms with E-state index in [0.29, 0.717) is 12.2 Å². The summed E-state index contributed by atoms with van der Waals surface area (Å²) in [5.41, 5.74) is 3.78. The van der Waals surface area contributed by atoms with Crippen molar-refractivity contribution in [3.63, 3.8) is 0 Å². The molecule has 1 aliphatic rings. The first-order valence-corrected chi connectivity index (χ1v) is 11.3. The zero-order valence-corrected chi connectivity index (χ0v) is 19.2. The number of carbonyl (C=O) groups excluding carboxylic acids is 1. The summed E-state index contributed by atoms with van der Waals surface area (Å²) in [5, 5.41) is 0.721. The lowest BCUT2D eigenvalue weighted by atomic mass is 9.89. The number of esters is 1. The van der Waals surface area contributed by atoms with E-state index < -0.39 is 5.97 Å². The fraction of sp³-hybridized carbons (Fsp3) is 0.458. The lowest BCUT2D eigenvalue weighted by Gasteiger charge is -2.28. The molecular formula is C24H29ClN4O2. The zero-order chi connectivity index (χ0) is 22.0. The predicted octanol–water partition coefficient (Wildman–Crippen LogP) is 5.24. The van der Waals surface area contributed by atoms with Crippen molar-refractivity contribution in [2.24, 2.45) is 5.92 Å². The van der Waals surface area contributed by atoms with E-state index in [9.17, 15) is 4.79 Å². The molecule has 6 nitrogen and oxygen atoms in total. The summed E-state index contributed by atoms with van der Waals surface area (Å²) in [6.45, 7) is 3.53. The van der Waals surface area contributed by atoms with Gasteiger partial charge in [-0.2, -0.15) is 0 Å². The first kappa shape index (κ1) is 21.6. The number of halogens is 1. The fourth-order valence-electron chi connectivity index (χ4n) is 4.46. The van der Waals surface area contributed by atoms with Gasteiger partial charge in [-0.05, 0) is 55.5 Å². The molecule has 0 atom stereocenters. The van der Waals surface area contributed by atoms with E-state index in [1.54, 1.807) is 12.1 Å². The maximum Gasteiger partial charge on any atom is 0.356 e. The lowest BCUT2D eigenvalue weighted by molar-refractivity contribution is 0.0594. The molecule has 1 fully saturated rings. The van der Waals surface area contributed by atoms with Crippen molar-refractivity contribution in [3.05, 3.63) is 52.4 Å². The third-order valence-electron chi connectivity index (χ3n) is 6.24.